The third kappa shape index (κ3) is 2.67. The van der Waals surface area contributed by atoms with E-state index in [1.807, 2.05) is 6.07 Å². The first-order valence-electron chi connectivity index (χ1n) is 8.29. The summed E-state index contributed by atoms with van der Waals surface area (Å²) in [6, 6.07) is 10.6. The van der Waals surface area contributed by atoms with Gasteiger partial charge in [-0.3, -0.25) is 0 Å². The van der Waals surface area contributed by atoms with Gasteiger partial charge in [0.1, 0.15) is 5.03 Å². The molecule has 1 aromatic carbocycles. The maximum absolute atomic E-state index is 11.2. The summed E-state index contributed by atoms with van der Waals surface area (Å²) in [6.07, 6.45) is 6.35. The number of carboxylic acids is 1. The van der Waals surface area contributed by atoms with E-state index in [9.17, 15) is 9.90 Å². The molecule has 1 aliphatic carbocycles. The highest BCUT2D eigenvalue weighted by Crippen LogP contribution is 2.58. The molecule has 2 N–H and O–H groups in total. The maximum Gasteiger partial charge on any atom is 0.371 e. The average molecular weight is 328 g/mol. The van der Waals surface area contributed by atoms with Crippen LogP contribution < -0.4 is 0 Å². The van der Waals surface area contributed by atoms with Crippen LogP contribution in [0, 0.1) is 5.92 Å². The lowest BCUT2D eigenvalue weighted by Crippen LogP contribution is -2.19. The molecule has 2 aliphatic rings. The second-order valence-electron chi connectivity index (χ2n) is 6.48. The van der Waals surface area contributed by atoms with Gasteiger partial charge in [0.2, 0.25) is 5.82 Å². The molecule has 2 aromatic rings. The summed E-state index contributed by atoms with van der Waals surface area (Å²) in [5.74, 6) is 0.0663. The van der Waals surface area contributed by atoms with Crippen LogP contribution in [0.1, 0.15) is 65.1 Å². The first kappa shape index (κ1) is 14.8. The number of nitrogens with one attached hydrogen (secondary N) is 1. The summed E-state index contributed by atoms with van der Waals surface area (Å²) in [5, 5.41) is 10.4. The number of aromatic amines is 1. The first-order valence-corrected chi connectivity index (χ1v) is 9.17. The predicted molar refractivity (Wildman–Crippen MR) is 89.9 cm³/mol. The summed E-state index contributed by atoms with van der Waals surface area (Å²) in [6.45, 7) is 0. The number of thioether (sulfide) groups is 1. The second kappa shape index (κ2) is 6.04. The molecule has 4 rings (SSSR count). The summed E-state index contributed by atoms with van der Waals surface area (Å²) in [7, 11) is 0. The molecule has 120 valence electrons. The molecule has 0 saturated heterocycles. The van der Waals surface area contributed by atoms with Crippen LogP contribution in [-0.4, -0.2) is 21.0 Å². The van der Waals surface area contributed by atoms with Crippen LogP contribution >= 0.6 is 11.8 Å². The third-order valence-corrected chi connectivity index (χ3v) is 6.44. The molecule has 1 aliphatic heterocycles. The van der Waals surface area contributed by atoms with Gasteiger partial charge in [0.15, 0.2) is 0 Å². The van der Waals surface area contributed by atoms with Crippen molar-refractivity contribution in [2.24, 2.45) is 5.92 Å². The van der Waals surface area contributed by atoms with Gasteiger partial charge in [-0.25, -0.2) is 9.78 Å². The van der Waals surface area contributed by atoms with E-state index >= 15 is 0 Å². The Hall–Kier alpha value is -1.75. The number of benzene rings is 1. The summed E-state index contributed by atoms with van der Waals surface area (Å²) in [5.41, 5.74) is 2.37. The van der Waals surface area contributed by atoms with Crippen molar-refractivity contribution in [3.8, 4) is 0 Å². The molecule has 0 bridgehead atoms. The minimum Gasteiger partial charge on any atom is -0.475 e. The van der Waals surface area contributed by atoms with Crippen LogP contribution in [0.25, 0.3) is 0 Å². The van der Waals surface area contributed by atoms with Crippen molar-refractivity contribution in [2.75, 3.05) is 0 Å². The van der Waals surface area contributed by atoms with Crippen molar-refractivity contribution >= 4 is 17.7 Å². The molecule has 0 spiro atoms. The highest BCUT2D eigenvalue weighted by molar-refractivity contribution is 7.99. The summed E-state index contributed by atoms with van der Waals surface area (Å²) in [4.78, 5) is 18.7. The lowest BCUT2D eigenvalue weighted by Gasteiger charge is -2.31. The second-order valence-corrected chi connectivity index (χ2v) is 7.61. The number of nitrogens with zero attached hydrogens (tertiary/aromatic N) is 1. The fourth-order valence-electron chi connectivity index (χ4n) is 4.03. The fraction of sp³-hybridized carbons (Fsp3) is 0.444. The molecule has 2 atom stereocenters. The van der Waals surface area contributed by atoms with Gasteiger partial charge in [-0.15, -0.1) is 0 Å². The van der Waals surface area contributed by atoms with Gasteiger partial charge in [0.05, 0.1) is 5.69 Å². The minimum atomic E-state index is -0.973. The van der Waals surface area contributed by atoms with Gasteiger partial charge < -0.3 is 10.1 Å². The molecule has 4 nitrogen and oxygen atoms in total. The third-order valence-electron chi connectivity index (χ3n) is 5.08. The van der Waals surface area contributed by atoms with Gasteiger partial charge in [-0.1, -0.05) is 61.4 Å². The zero-order chi connectivity index (χ0) is 15.8. The van der Waals surface area contributed by atoms with E-state index in [0.29, 0.717) is 17.1 Å². The molecule has 0 radical (unpaired) electrons. The van der Waals surface area contributed by atoms with E-state index in [1.165, 1.54) is 37.7 Å². The smallest absolute Gasteiger partial charge is 0.371 e. The molecule has 5 heteroatoms. The predicted octanol–water partition coefficient (Wildman–Crippen LogP) is 4.62. The van der Waals surface area contributed by atoms with E-state index in [-0.39, 0.29) is 5.82 Å². The number of rotatable bonds is 3. The number of imidazole rings is 1. The number of fused-ring (bicyclic) bond motifs is 1. The van der Waals surface area contributed by atoms with Gasteiger partial charge in [-0.05, 0) is 24.3 Å². The molecule has 1 fully saturated rings. The lowest BCUT2D eigenvalue weighted by molar-refractivity contribution is 0.0684. The first-order chi connectivity index (χ1) is 11.2. The number of hydrogen-bond acceptors (Lipinski definition) is 3. The molecule has 1 aromatic heterocycles. The van der Waals surface area contributed by atoms with Crippen molar-refractivity contribution in [1.82, 2.24) is 9.97 Å². The van der Waals surface area contributed by atoms with Gasteiger partial charge in [-0.2, -0.15) is 0 Å². The van der Waals surface area contributed by atoms with E-state index < -0.39 is 5.97 Å². The normalized spacial score (nSPS) is 24.5. The Morgan fingerprint density at radius 2 is 1.91 bits per heavy atom. The van der Waals surface area contributed by atoms with Gasteiger partial charge >= 0.3 is 5.97 Å². The number of carboxylic acid groups (broad SMARTS) is 1. The van der Waals surface area contributed by atoms with Crippen LogP contribution in [0.15, 0.2) is 35.4 Å². The van der Waals surface area contributed by atoms with E-state index in [2.05, 4.69) is 34.2 Å². The standard InChI is InChI=1S/C18H20N2O2S/c21-18(22)16-19-14-13(11-7-3-1-4-8-11)15(23-17(14)20-16)12-9-5-2-6-10-12/h2,5-6,9-11,13,15H,1,3-4,7-8H2,(H,19,20)(H,21,22)/t13-,15+/m0/s1. The molecular formula is C18H20N2O2S. The summed E-state index contributed by atoms with van der Waals surface area (Å²) < 4.78 is 0. The van der Waals surface area contributed by atoms with Crippen molar-refractivity contribution in [3.05, 3.63) is 47.4 Å². The van der Waals surface area contributed by atoms with Crippen molar-refractivity contribution in [3.63, 3.8) is 0 Å². The molecule has 2 heterocycles. The van der Waals surface area contributed by atoms with E-state index in [1.54, 1.807) is 11.8 Å². The van der Waals surface area contributed by atoms with E-state index in [0.717, 1.165) is 10.7 Å². The summed E-state index contributed by atoms with van der Waals surface area (Å²) >= 11 is 1.72. The maximum atomic E-state index is 11.2. The van der Waals surface area contributed by atoms with Crippen LogP contribution in [-0.2, 0) is 0 Å². The van der Waals surface area contributed by atoms with Crippen LogP contribution in [0.4, 0.5) is 0 Å². The number of hydrogen-bond donors (Lipinski definition) is 2. The van der Waals surface area contributed by atoms with Gasteiger partial charge in [0.25, 0.3) is 0 Å². The molecular weight excluding hydrogens is 308 g/mol. The largest absolute Gasteiger partial charge is 0.475 e. The van der Waals surface area contributed by atoms with Crippen molar-refractivity contribution in [2.45, 2.75) is 48.3 Å². The van der Waals surface area contributed by atoms with Crippen LogP contribution in [0.3, 0.4) is 0 Å². The molecule has 23 heavy (non-hydrogen) atoms. The highest BCUT2D eigenvalue weighted by atomic mass is 32.2. The van der Waals surface area contributed by atoms with Crippen LogP contribution in [0.2, 0.25) is 0 Å². The Morgan fingerprint density at radius 3 is 2.61 bits per heavy atom. The Bertz CT molecular complexity index is 707. The van der Waals surface area contributed by atoms with E-state index in [4.69, 9.17) is 0 Å². The molecule has 1 saturated carbocycles. The average Bonchev–Trinajstić information content (AvgIpc) is 3.14. The Kier molecular flexibility index (Phi) is 3.89. The quantitative estimate of drug-likeness (QED) is 0.863. The topological polar surface area (TPSA) is 66.0 Å². The number of aromatic carboxylic acids is 1. The lowest BCUT2D eigenvalue weighted by atomic mass is 9.76. The Morgan fingerprint density at radius 1 is 1.17 bits per heavy atom. The minimum absolute atomic E-state index is 0.0785. The molecule has 0 amide bonds. The Balaban J connectivity index is 1.72. The highest BCUT2D eigenvalue weighted by Gasteiger charge is 2.42. The number of H-pyrrole nitrogens is 1. The SMILES string of the molecule is O=C(O)c1nc2c([nH]1)[C@H](C1CCCCC1)[C@@H](c1ccccc1)S2. The fourth-order valence-corrected chi connectivity index (χ4v) is 5.52. The number of carbonyl (C=O) groups is 1. The zero-order valence-corrected chi connectivity index (χ0v) is 13.7. The van der Waals surface area contributed by atoms with Crippen LogP contribution in [0.5, 0.6) is 0 Å². The zero-order valence-electron chi connectivity index (χ0n) is 12.9. The van der Waals surface area contributed by atoms with Crippen molar-refractivity contribution in [1.29, 1.82) is 0 Å². The molecule has 0 unspecified atom stereocenters. The van der Waals surface area contributed by atoms with Gasteiger partial charge in [0, 0.05) is 11.2 Å². The monoisotopic (exact) mass is 328 g/mol. The Labute approximate surface area is 139 Å². The van der Waals surface area contributed by atoms with Crippen molar-refractivity contribution < 1.29 is 9.90 Å². The number of aromatic nitrogens is 2.